The van der Waals surface area contributed by atoms with Gasteiger partial charge in [-0.1, -0.05) is 0 Å². The highest BCUT2D eigenvalue weighted by molar-refractivity contribution is 7.09. The zero-order valence-corrected chi connectivity index (χ0v) is 10.7. The van der Waals surface area contributed by atoms with Gasteiger partial charge in [0.15, 0.2) is 0 Å². The molecule has 2 aromatic heterocycles. The molecule has 0 atom stereocenters. The molecule has 0 fully saturated rings. The molecule has 0 aromatic carbocycles. The second-order valence-electron chi connectivity index (χ2n) is 3.86. The third-order valence-electron chi connectivity index (χ3n) is 2.52. The quantitative estimate of drug-likeness (QED) is 0.824. The van der Waals surface area contributed by atoms with Crippen molar-refractivity contribution in [2.45, 2.75) is 26.2 Å². The van der Waals surface area contributed by atoms with E-state index in [1.54, 1.807) is 23.7 Å². The van der Waals surface area contributed by atoms with E-state index in [9.17, 15) is 0 Å². The standard InChI is InChI=1S/C12H16N4S/c1-9-12(15-7-6-14-9)10-8-17-11(16-10)4-2-3-5-13/h6-8H,2-5,13H2,1H3. The SMILES string of the molecule is Cc1nccnc1-c1csc(CCCCN)n1. The van der Waals surface area contributed by atoms with Gasteiger partial charge in [-0.2, -0.15) is 0 Å². The predicted octanol–water partition coefficient (Wildman–Crippen LogP) is 2.19. The molecule has 90 valence electrons. The van der Waals surface area contributed by atoms with Crippen LogP contribution in [0.4, 0.5) is 0 Å². The van der Waals surface area contributed by atoms with Crippen LogP contribution in [0.25, 0.3) is 11.4 Å². The number of nitrogens with zero attached hydrogens (tertiary/aromatic N) is 3. The van der Waals surface area contributed by atoms with Crippen LogP contribution in [0.3, 0.4) is 0 Å². The Hall–Kier alpha value is -1.33. The average molecular weight is 248 g/mol. The summed E-state index contributed by atoms with van der Waals surface area (Å²) in [6, 6.07) is 0. The molecule has 17 heavy (non-hydrogen) atoms. The van der Waals surface area contributed by atoms with Crippen molar-refractivity contribution in [3.05, 3.63) is 28.5 Å². The molecule has 0 saturated heterocycles. The van der Waals surface area contributed by atoms with E-state index in [4.69, 9.17) is 5.73 Å². The van der Waals surface area contributed by atoms with Crippen LogP contribution in [-0.4, -0.2) is 21.5 Å². The van der Waals surface area contributed by atoms with E-state index in [1.165, 1.54) is 0 Å². The molecule has 0 amide bonds. The summed E-state index contributed by atoms with van der Waals surface area (Å²) in [6.07, 6.45) is 6.56. The summed E-state index contributed by atoms with van der Waals surface area (Å²) in [4.78, 5) is 13.1. The van der Waals surface area contributed by atoms with E-state index in [2.05, 4.69) is 20.3 Å². The van der Waals surface area contributed by atoms with Crippen LogP contribution in [0, 0.1) is 6.92 Å². The van der Waals surface area contributed by atoms with Crippen LogP contribution in [0.2, 0.25) is 0 Å². The highest BCUT2D eigenvalue weighted by Crippen LogP contribution is 2.22. The van der Waals surface area contributed by atoms with Gasteiger partial charge in [0.1, 0.15) is 11.4 Å². The van der Waals surface area contributed by atoms with Gasteiger partial charge >= 0.3 is 0 Å². The Morgan fingerprint density at radius 3 is 2.82 bits per heavy atom. The minimum absolute atomic E-state index is 0.751. The van der Waals surface area contributed by atoms with E-state index in [1.807, 2.05) is 6.92 Å². The number of unbranched alkanes of at least 4 members (excludes halogenated alkanes) is 1. The van der Waals surface area contributed by atoms with Gasteiger partial charge in [-0.15, -0.1) is 11.3 Å². The van der Waals surface area contributed by atoms with Crippen LogP contribution in [0.15, 0.2) is 17.8 Å². The zero-order valence-electron chi connectivity index (χ0n) is 9.89. The third kappa shape index (κ3) is 3.08. The van der Waals surface area contributed by atoms with Crippen molar-refractivity contribution in [3.63, 3.8) is 0 Å². The number of aryl methyl sites for hydroxylation is 2. The van der Waals surface area contributed by atoms with Gasteiger partial charge in [-0.25, -0.2) is 4.98 Å². The molecular weight excluding hydrogens is 232 g/mol. The number of thiazole rings is 1. The fourth-order valence-corrected chi connectivity index (χ4v) is 2.44. The van der Waals surface area contributed by atoms with Gasteiger partial charge in [0.05, 0.1) is 10.7 Å². The maximum Gasteiger partial charge on any atom is 0.111 e. The molecule has 0 aliphatic heterocycles. The first-order valence-electron chi connectivity index (χ1n) is 5.73. The van der Waals surface area contributed by atoms with E-state index < -0.39 is 0 Å². The van der Waals surface area contributed by atoms with Crippen molar-refractivity contribution in [2.24, 2.45) is 5.73 Å². The lowest BCUT2D eigenvalue weighted by atomic mass is 10.2. The minimum atomic E-state index is 0.751. The Morgan fingerprint density at radius 1 is 1.24 bits per heavy atom. The highest BCUT2D eigenvalue weighted by atomic mass is 32.1. The Kier molecular flexibility index (Phi) is 4.17. The first-order valence-corrected chi connectivity index (χ1v) is 6.61. The Balaban J connectivity index is 2.10. The average Bonchev–Trinajstić information content (AvgIpc) is 2.79. The number of nitrogens with two attached hydrogens (primary N) is 1. The number of hydrogen-bond donors (Lipinski definition) is 1. The van der Waals surface area contributed by atoms with E-state index >= 15 is 0 Å². The van der Waals surface area contributed by atoms with E-state index in [0.717, 1.165) is 47.9 Å². The lowest BCUT2D eigenvalue weighted by molar-refractivity contribution is 0.742. The van der Waals surface area contributed by atoms with Gasteiger partial charge in [0.25, 0.3) is 0 Å². The second kappa shape index (κ2) is 5.84. The smallest absolute Gasteiger partial charge is 0.111 e. The molecule has 0 spiro atoms. The summed E-state index contributed by atoms with van der Waals surface area (Å²) >= 11 is 1.68. The number of rotatable bonds is 5. The first-order chi connectivity index (χ1) is 8.31. The lowest BCUT2D eigenvalue weighted by Crippen LogP contribution is -1.98. The van der Waals surface area contributed by atoms with E-state index in [0.29, 0.717) is 0 Å². The van der Waals surface area contributed by atoms with Gasteiger partial charge in [0, 0.05) is 17.8 Å². The van der Waals surface area contributed by atoms with Crippen molar-refractivity contribution >= 4 is 11.3 Å². The van der Waals surface area contributed by atoms with Crippen LogP contribution in [0.1, 0.15) is 23.5 Å². The van der Waals surface area contributed by atoms with Gasteiger partial charge in [0.2, 0.25) is 0 Å². The highest BCUT2D eigenvalue weighted by Gasteiger charge is 2.08. The van der Waals surface area contributed by atoms with Gasteiger partial charge in [-0.3, -0.25) is 9.97 Å². The van der Waals surface area contributed by atoms with Crippen molar-refractivity contribution in [1.82, 2.24) is 15.0 Å². The summed E-state index contributed by atoms with van der Waals surface area (Å²) < 4.78 is 0. The van der Waals surface area contributed by atoms with Gasteiger partial charge < -0.3 is 5.73 Å². The topological polar surface area (TPSA) is 64.7 Å². The fraction of sp³-hybridized carbons (Fsp3) is 0.417. The van der Waals surface area contributed by atoms with Crippen molar-refractivity contribution < 1.29 is 0 Å². The molecule has 0 saturated carbocycles. The van der Waals surface area contributed by atoms with Crippen molar-refractivity contribution in [1.29, 1.82) is 0 Å². The molecule has 2 rings (SSSR count). The lowest BCUT2D eigenvalue weighted by Gasteiger charge is -1.98. The molecule has 5 heteroatoms. The molecule has 0 radical (unpaired) electrons. The molecule has 0 unspecified atom stereocenters. The third-order valence-corrected chi connectivity index (χ3v) is 3.43. The van der Waals surface area contributed by atoms with Crippen molar-refractivity contribution in [2.75, 3.05) is 6.54 Å². The number of aromatic nitrogens is 3. The Bertz CT molecular complexity index is 481. The van der Waals surface area contributed by atoms with Gasteiger partial charge in [-0.05, 0) is 32.7 Å². The van der Waals surface area contributed by atoms with Crippen LogP contribution < -0.4 is 5.73 Å². The Labute approximate surface area is 105 Å². The molecule has 2 heterocycles. The first kappa shape index (κ1) is 12.1. The maximum atomic E-state index is 5.47. The fourth-order valence-electron chi connectivity index (χ4n) is 1.61. The summed E-state index contributed by atoms with van der Waals surface area (Å²) in [5.74, 6) is 0. The summed E-state index contributed by atoms with van der Waals surface area (Å²) in [6.45, 7) is 2.71. The molecular formula is C12H16N4S. The molecule has 0 bridgehead atoms. The maximum absolute atomic E-state index is 5.47. The molecule has 0 aliphatic carbocycles. The normalized spacial score (nSPS) is 10.7. The summed E-state index contributed by atoms with van der Waals surface area (Å²) in [5, 5.41) is 3.20. The Morgan fingerprint density at radius 2 is 2.06 bits per heavy atom. The molecule has 0 aliphatic rings. The monoisotopic (exact) mass is 248 g/mol. The van der Waals surface area contributed by atoms with Crippen LogP contribution in [-0.2, 0) is 6.42 Å². The predicted molar refractivity (Wildman–Crippen MR) is 69.9 cm³/mol. The van der Waals surface area contributed by atoms with Crippen LogP contribution in [0.5, 0.6) is 0 Å². The van der Waals surface area contributed by atoms with E-state index in [-0.39, 0.29) is 0 Å². The number of hydrogen-bond acceptors (Lipinski definition) is 5. The summed E-state index contributed by atoms with van der Waals surface area (Å²) in [7, 11) is 0. The second-order valence-corrected chi connectivity index (χ2v) is 4.81. The molecule has 2 N–H and O–H groups in total. The van der Waals surface area contributed by atoms with Crippen LogP contribution >= 0.6 is 11.3 Å². The minimum Gasteiger partial charge on any atom is -0.330 e. The zero-order chi connectivity index (χ0) is 12.1. The summed E-state index contributed by atoms with van der Waals surface area (Å²) in [5.41, 5.74) is 8.21. The van der Waals surface area contributed by atoms with Crippen molar-refractivity contribution in [3.8, 4) is 11.4 Å². The largest absolute Gasteiger partial charge is 0.330 e. The molecule has 4 nitrogen and oxygen atoms in total. The molecule has 2 aromatic rings.